The summed E-state index contributed by atoms with van der Waals surface area (Å²) in [5.74, 6) is 0.310. The van der Waals surface area contributed by atoms with E-state index in [1.54, 1.807) is 6.07 Å². The van der Waals surface area contributed by atoms with Crippen LogP contribution in [0.4, 0.5) is 4.39 Å². The first-order chi connectivity index (χ1) is 9.13. The fraction of sp³-hybridized carbons (Fsp3) is 0.571. The van der Waals surface area contributed by atoms with E-state index >= 15 is 0 Å². The Hall–Kier alpha value is -1.17. The van der Waals surface area contributed by atoms with Crippen molar-refractivity contribution in [3.8, 4) is 5.75 Å². The smallest absolute Gasteiger partial charge is 0.165 e. The Labute approximate surface area is 111 Å². The van der Waals surface area contributed by atoms with E-state index in [-0.39, 0.29) is 5.75 Å². The van der Waals surface area contributed by atoms with Gasteiger partial charge < -0.3 is 15.5 Å². The molecule has 2 aliphatic rings. The molecule has 19 heavy (non-hydrogen) atoms. The molecule has 1 aromatic rings. The van der Waals surface area contributed by atoms with Gasteiger partial charge in [-0.3, -0.25) is 4.90 Å². The number of hydrogen-bond donors (Lipinski definition) is 3. The minimum atomic E-state index is -0.707. The predicted octanol–water partition coefficient (Wildman–Crippen LogP) is 0.716. The second-order valence-electron chi connectivity index (χ2n) is 5.62. The average Bonchev–Trinajstić information content (AvgIpc) is 2.93. The summed E-state index contributed by atoms with van der Waals surface area (Å²) in [6.07, 6.45) is -0.707. The maximum Gasteiger partial charge on any atom is 0.165 e. The number of aromatic hydroxyl groups is 1. The summed E-state index contributed by atoms with van der Waals surface area (Å²) in [6.45, 7) is 4.64. The summed E-state index contributed by atoms with van der Waals surface area (Å²) in [7, 11) is 0. The topological polar surface area (TPSA) is 55.7 Å². The Bertz CT molecular complexity index is 457. The lowest BCUT2D eigenvalue weighted by atomic mass is 10.0. The third-order valence-electron chi connectivity index (χ3n) is 4.25. The molecule has 1 unspecified atom stereocenters. The van der Waals surface area contributed by atoms with Gasteiger partial charge in [0.25, 0.3) is 0 Å². The van der Waals surface area contributed by atoms with Crippen molar-refractivity contribution >= 4 is 0 Å². The molecule has 0 amide bonds. The van der Waals surface area contributed by atoms with Crippen LogP contribution < -0.4 is 5.32 Å². The summed E-state index contributed by atoms with van der Waals surface area (Å²) in [6, 6.07) is 4.07. The molecule has 5 heteroatoms. The molecular formula is C14H19FN2O2. The number of hydrogen-bond acceptors (Lipinski definition) is 4. The average molecular weight is 266 g/mol. The number of likely N-dealkylation sites (tertiary alicyclic amines) is 1. The van der Waals surface area contributed by atoms with Gasteiger partial charge in [0.15, 0.2) is 11.6 Å². The highest BCUT2D eigenvalue weighted by atomic mass is 19.1. The highest BCUT2D eigenvalue weighted by molar-refractivity contribution is 5.29. The van der Waals surface area contributed by atoms with Crippen molar-refractivity contribution in [3.05, 3.63) is 29.6 Å². The largest absolute Gasteiger partial charge is 0.505 e. The molecule has 4 nitrogen and oxygen atoms in total. The molecule has 0 spiro atoms. The Morgan fingerprint density at radius 1 is 1.32 bits per heavy atom. The number of nitrogens with one attached hydrogen (secondary N) is 1. The van der Waals surface area contributed by atoms with E-state index in [0.29, 0.717) is 23.9 Å². The van der Waals surface area contributed by atoms with Gasteiger partial charge in [0, 0.05) is 19.6 Å². The Morgan fingerprint density at radius 3 is 2.63 bits per heavy atom. The van der Waals surface area contributed by atoms with Crippen molar-refractivity contribution in [3.63, 3.8) is 0 Å². The van der Waals surface area contributed by atoms with Gasteiger partial charge in [-0.2, -0.15) is 0 Å². The fourth-order valence-corrected chi connectivity index (χ4v) is 3.18. The third-order valence-corrected chi connectivity index (χ3v) is 4.25. The molecule has 2 heterocycles. The van der Waals surface area contributed by atoms with Gasteiger partial charge in [0.2, 0.25) is 0 Å². The van der Waals surface area contributed by atoms with Crippen molar-refractivity contribution in [1.29, 1.82) is 0 Å². The minimum absolute atomic E-state index is 0.377. The quantitative estimate of drug-likeness (QED) is 0.754. The molecule has 2 aliphatic heterocycles. The number of phenols is 1. The minimum Gasteiger partial charge on any atom is -0.505 e. The van der Waals surface area contributed by atoms with Gasteiger partial charge in [-0.1, -0.05) is 6.07 Å². The molecule has 2 saturated heterocycles. The van der Waals surface area contributed by atoms with Crippen LogP contribution in [0, 0.1) is 17.7 Å². The van der Waals surface area contributed by atoms with Crippen molar-refractivity contribution in [1.82, 2.24) is 10.2 Å². The number of phenolic OH excluding ortho intramolecular Hbond substituents is 1. The molecule has 3 N–H and O–H groups in total. The summed E-state index contributed by atoms with van der Waals surface area (Å²) in [5.41, 5.74) is 0.519. The molecule has 0 aliphatic carbocycles. The van der Waals surface area contributed by atoms with Crippen LogP contribution in [-0.2, 0) is 0 Å². The van der Waals surface area contributed by atoms with Crippen molar-refractivity contribution in [2.24, 2.45) is 11.8 Å². The SMILES string of the molecule is Oc1ccc(C(O)CN2C[C@H]3CNC[C@H]3C2)cc1F. The van der Waals surface area contributed by atoms with E-state index in [4.69, 9.17) is 5.11 Å². The number of β-amino-alcohol motifs (C(OH)–C–C–N with tert-alkyl or cyclic N) is 1. The molecule has 0 bridgehead atoms. The Kier molecular flexibility index (Phi) is 3.43. The Balaban J connectivity index is 1.62. The van der Waals surface area contributed by atoms with Crippen LogP contribution in [0.1, 0.15) is 11.7 Å². The number of benzene rings is 1. The van der Waals surface area contributed by atoms with E-state index in [1.807, 2.05) is 0 Å². The van der Waals surface area contributed by atoms with E-state index in [1.165, 1.54) is 12.1 Å². The fourth-order valence-electron chi connectivity index (χ4n) is 3.18. The molecule has 3 atom stereocenters. The number of fused-ring (bicyclic) bond motifs is 1. The summed E-state index contributed by atoms with van der Waals surface area (Å²) in [5, 5.41) is 22.7. The van der Waals surface area contributed by atoms with E-state index in [0.717, 1.165) is 26.2 Å². The normalized spacial score (nSPS) is 28.5. The zero-order valence-electron chi connectivity index (χ0n) is 10.7. The molecule has 3 rings (SSSR count). The molecular weight excluding hydrogens is 247 g/mol. The lowest BCUT2D eigenvalue weighted by Gasteiger charge is -2.21. The first-order valence-electron chi connectivity index (χ1n) is 6.73. The second-order valence-corrected chi connectivity index (χ2v) is 5.62. The van der Waals surface area contributed by atoms with Crippen LogP contribution in [0.2, 0.25) is 0 Å². The maximum absolute atomic E-state index is 13.3. The summed E-state index contributed by atoms with van der Waals surface area (Å²) < 4.78 is 13.3. The Morgan fingerprint density at radius 2 is 2.00 bits per heavy atom. The van der Waals surface area contributed by atoms with Crippen LogP contribution in [0.15, 0.2) is 18.2 Å². The van der Waals surface area contributed by atoms with Gasteiger partial charge in [0.1, 0.15) is 0 Å². The van der Waals surface area contributed by atoms with E-state index < -0.39 is 11.9 Å². The van der Waals surface area contributed by atoms with E-state index in [9.17, 15) is 9.50 Å². The zero-order chi connectivity index (χ0) is 13.4. The van der Waals surface area contributed by atoms with E-state index in [2.05, 4.69) is 10.2 Å². The van der Waals surface area contributed by atoms with Gasteiger partial charge in [-0.15, -0.1) is 0 Å². The van der Waals surface area contributed by atoms with Crippen LogP contribution in [0.5, 0.6) is 5.75 Å². The highest BCUT2D eigenvalue weighted by Crippen LogP contribution is 2.28. The van der Waals surface area contributed by atoms with Gasteiger partial charge in [-0.25, -0.2) is 4.39 Å². The maximum atomic E-state index is 13.3. The molecule has 104 valence electrons. The monoisotopic (exact) mass is 266 g/mol. The molecule has 1 aromatic carbocycles. The molecule has 0 radical (unpaired) electrons. The third kappa shape index (κ3) is 2.59. The number of aliphatic hydroxyl groups excluding tert-OH is 1. The number of aliphatic hydroxyl groups is 1. The number of rotatable bonds is 3. The molecule has 0 saturated carbocycles. The van der Waals surface area contributed by atoms with Crippen LogP contribution in [0.25, 0.3) is 0 Å². The van der Waals surface area contributed by atoms with Crippen molar-refractivity contribution in [2.45, 2.75) is 6.10 Å². The summed E-state index contributed by atoms with van der Waals surface area (Å²) >= 11 is 0. The first kappa shape index (κ1) is 12.8. The molecule has 2 fully saturated rings. The first-order valence-corrected chi connectivity index (χ1v) is 6.73. The zero-order valence-corrected chi connectivity index (χ0v) is 10.7. The number of nitrogens with zero attached hydrogens (tertiary/aromatic N) is 1. The van der Waals surface area contributed by atoms with Crippen LogP contribution in [0.3, 0.4) is 0 Å². The summed E-state index contributed by atoms with van der Waals surface area (Å²) in [4.78, 5) is 2.24. The lowest BCUT2D eigenvalue weighted by molar-refractivity contribution is 0.122. The second kappa shape index (κ2) is 5.07. The number of halogens is 1. The van der Waals surface area contributed by atoms with Crippen molar-refractivity contribution < 1.29 is 14.6 Å². The highest BCUT2D eigenvalue weighted by Gasteiger charge is 2.36. The van der Waals surface area contributed by atoms with Gasteiger partial charge >= 0.3 is 0 Å². The molecule has 0 aromatic heterocycles. The lowest BCUT2D eigenvalue weighted by Crippen LogP contribution is -2.29. The predicted molar refractivity (Wildman–Crippen MR) is 69.3 cm³/mol. The van der Waals surface area contributed by atoms with Crippen molar-refractivity contribution in [2.75, 3.05) is 32.7 Å². The van der Waals surface area contributed by atoms with Crippen LogP contribution >= 0.6 is 0 Å². The van der Waals surface area contributed by atoms with Gasteiger partial charge in [-0.05, 0) is 42.6 Å². The van der Waals surface area contributed by atoms with Gasteiger partial charge in [0.05, 0.1) is 6.10 Å². The van der Waals surface area contributed by atoms with Crippen LogP contribution in [-0.4, -0.2) is 47.8 Å². The standard InChI is InChI=1S/C14H19FN2O2/c15-12-3-9(1-2-13(12)18)14(19)8-17-6-10-4-16-5-11(10)7-17/h1-3,10-11,14,16,18-19H,4-8H2/t10-,11+,14?.